The van der Waals surface area contributed by atoms with Crippen molar-refractivity contribution < 1.29 is 9.53 Å². The summed E-state index contributed by atoms with van der Waals surface area (Å²) in [6, 6.07) is 5.84. The fraction of sp³-hybridized carbons (Fsp3) is 0.0833. The summed E-state index contributed by atoms with van der Waals surface area (Å²) in [5.41, 5.74) is 1.05. The summed E-state index contributed by atoms with van der Waals surface area (Å²) in [5.74, 6) is -0.0287. The van der Waals surface area contributed by atoms with E-state index < -0.39 is 5.97 Å². The van der Waals surface area contributed by atoms with E-state index in [1.165, 1.54) is 13.3 Å². The topological polar surface area (TPSA) is 64.1 Å². The van der Waals surface area contributed by atoms with Gasteiger partial charge in [-0.15, -0.1) is 0 Å². The van der Waals surface area contributed by atoms with Gasteiger partial charge in [0.1, 0.15) is 5.82 Å². The molecular formula is C12H9BrIN3O2. The maximum Gasteiger partial charge on any atom is 0.358 e. The zero-order valence-electron chi connectivity index (χ0n) is 9.85. The molecule has 0 unspecified atom stereocenters. The third-order valence-electron chi connectivity index (χ3n) is 2.22. The number of methoxy groups -OCH3 is 1. The van der Waals surface area contributed by atoms with Gasteiger partial charge in [0.25, 0.3) is 0 Å². The lowest BCUT2D eigenvalue weighted by Gasteiger charge is -2.08. The molecule has 1 N–H and O–H groups in total. The Bertz CT molecular complexity index is 622. The van der Waals surface area contributed by atoms with Gasteiger partial charge in [-0.25, -0.2) is 9.78 Å². The monoisotopic (exact) mass is 433 g/mol. The van der Waals surface area contributed by atoms with E-state index in [4.69, 9.17) is 0 Å². The Kier molecular flexibility index (Phi) is 4.70. The van der Waals surface area contributed by atoms with Crippen LogP contribution in [-0.2, 0) is 4.74 Å². The SMILES string of the molecule is COC(=O)c1cncc(Nc2cc(Br)ccc2I)n1. The molecule has 0 fully saturated rings. The van der Waals surface area contributed by atoms with Crippen LogP contribution in [0.3, 0.4) is 0 Å². The Morgan fingerprint density at radius 2 is 2.21 bits per heavy atom. The largest absolute Gasteiger partial charge is 0.464 e. The highest BCUT2D eigenvalue weighted by Crippen LogP contribution is 2.25. The molecule has 2 aromatic rings. The van der Waals surface area contributed by atoms with Crippen molar-refractivity contribution in [2.24, 2.45) is 0 Å². The number of ether oxygens (including phenoxy) is 1. The maximum atomic E-state index is 11.4. The van der Waals surface area contributed by atoms with Crippen LogP contribution in [0.1, 0.15) is 10.5 Å². The highest BCUT2D eigenvalue weighted by atomic mass is 127. The van der Waals surface area contributed by atoms with E-state index in [1.54, 1.807) is 6.20 Å². The third kappa shape index (κ3) is 3.63. The second kappa shape index (κ2) is 6.29. The van der Waals surface area contributed by atoms with Crippen LogP contribution in [0.25, 0.3) is 0 Å². The quantitative estimate of drug-likeness (QED) is 0.593. The van der Waals surface area contributed by atoms with Gasteiger partial charge >= 0.3 is 5.97 Å². The van der Waals surface area contributed by atoms with E-state index in [0.29, 0.717) is 5.82 Å². The number of carbonyl (C=O) groups excluding carboxylic acids is 1. The molecule has 0 radical (unpaired) electrons. The zero-order valence-corrected chi connectivity index (χ0v) is 13.6. The van der Waals surface area contributed by atoms with Crippen molar-refractivity contribution in [3.63, 3.8) is 0 Å². The van der Waals surface area contributed by atoms with Crippen molar-refractivity contribution in [1.82, 2.24) is 9.97 Å². The predicted octanol–water partition coefficient (Wildman–Crippen LogP) is 3.37. The minimum atomic E-state index is -0.514. The molecular weight excluding hydrogens is 425 g/mol. The van der Waals surface area contributed by atoms with Crippen LogP contribution in [0.15, 0.2) is 35.1 Å². The molecule has 0 spiro atoms. The molecule has 0 amide bonds. The highest BCUT2D eigenvalue weighted by molar-refractivity contribution is 14.1. The molecule has 7 heteroatoms. The maximum absolute atomic E-state index is 11.4. The lowest BCUT2D eigenvalue weighted by molar-refractivity contribution is 0.0593. The summed E-state index contributed by atoms with van der Waals surface area (Å²) < 4.78 is 6.59. The van der Waals surface area contributed by atoms with Crippen LogP contribution < -0.4 is 5.32 Å². The number of esters is 1. The van der Waals surface area contributed by atoms with Crippen molar-refractivity contribution in [2.75, 3.05) is 12.4 Å². The van der Waals surface area contributed by atoms with Gasteiger partial charge in [0, 0.05) is 8.04 Å². The number of aromatic nitrogens is 2. The van der Waals surface area contributed by atoms with E-state index >= 15 is 0 Å². The Morgan fingerprint density at radius 3 is 2.95 bits per heavy atom. The lowest BCUT2D eigenvalue weighted by Crippen LogP contribution is -2.07. The van der Waals surface area contributed by atoms with Gasteiger partial charge in [0.15, 0.2) is 5.69 Å². The van der Waals surface area contributed by atoms with Crippen molar-refractivity contribution in [3.8, 4) is 0 Å². The number of anilines is 2. The first-order chi connectivity index (χ1) is 9.10. The Labute approximate surface area is 132 Å². The summed E-state index contributed by atoms with van der Waals surface area (Å²) in [7, 11) is 1.31. The smallest absolute Gasteiger partial charge is 0.358 e. The second-order valence-corrected chi connectivity index (χ2v) is 5.61. The number of benzene rings is 1. The first kappa shape index (κ1) is 14.2. The Morgan fingerprint density at radius 1 is 1.42 bits per heavy atom. The van der Waals surface area contributed by atoms with Gasteiger partial charge in [-0.05, 0) is 40.8 Å². The number of halogens is 2. The summed E-state index contributed by atoms with van der Waals surface area (Å²) in [6.07, 6.45) is 2.91. The average Bonchev–Trinajstić information content (AvgIpc) is 2.42. The van der Waals surface area contributed by atoms with Crippen LogP contribution in [0, 0.1) is 3.57 Å². The molecule has 1 aromatic heterocycles. The van der Waals surface area contributed by atoms with E-state index in [0.717, 1.165) is 13.7 Å². The van der Waals surface area contributed by atoms with Gasteiger partial charge in [0.2, 0.25) is 0 Å². The third-order valence-corrected chi connectivity index (χ3v) is 3.65. The van der Waals surface area contributed by atoms with Gasteiger partial charge in [-0.1, -0.05) is 15.9 Å². The van der Waals surface area contributed by atoms with Gasteiger partial charge < -0.3 is 10.1 Å². The lowest BCUT2D eigenvalue weighted by atomic mass is 10.3. The predicted molar refractivity (Wildman–Crippen MR) is 83.5 cm³/mol. The number of rotatable bonds is 3. The summed E-state index contributed by atoms with van der Waals surface area (Å²) in [6.45, 7) is 0. The van der Waals surface area contributed by atoms with Crippen molar-refractivity contribution in [1.29, 1.82) is 0 Å². The summed E-state index contributed by atoms with van der Waals surface area (Å²) in [4.78, 5) is 19.5. The van der Waals surface area contributed by atoms with E-state index in [2.05, 4.69) is 58.5 Å². The van der Waals surface area contributed by atoms with Gasteiger partial charge in [0.05, 0.1) is 25.2 Å². The molecule has 5 nitrogen and oxygen atoms in total. The van der Waals surface area contributed by atoms with Crippen LogP contribution >= 0.6 is 38.5 Å². The van der Waals surface area contributed by atoms with E-state index in [1.807, 2.05) is 18.2 Å². The molecule has 0 saturated heterocycles. The molecule has 0 aliphatic rings. The minimum absolute atomic E-state index is 0.164. The average molecular weight is 434 g/mol. The number of hydrogen-bond donors (Lipinski definition) is 1. The molecule has 2 rings (SSSR count). The van der Waals surface area contributed by atoms with Crippen molar-refractivity contribution in [3.05, 3.63) is 44.3 Å². The summed E-state index contributed by atoms with van der Waals surface area (Å²) in [5, 5.41) is 3.11. The summed E-state index contributed by atoms with van der Waals surface area (Å²) >= 11 is 5.62. The standard InChI is InChI=1S/C12H9BrIN3O2/c1-19-12(18)10-5-15-6-11(17-10)16-9-4-7(13)2-3-8(9)14/h2-6H,1H3,(H,16,17). The zero-order chi connectivity index (χ0) is 13.8. The number of hydrogen-bond acceptors (Lipinski definition) is 5. The Balaban J connectivity index is 2.28. The molecule has 1 aromatic carbocycles. The fourth-order valence-corrected chi connectivity index (χ4v) is 2.19. The van der Waals surface area contributed by atoms with E-state index in [9.17, 15) is 4.79 Å². The molecule has 19 heavy (non-hydrogen) atoms. The van der Waals surface area contributed by atoms with Crippen LogP contribution in [0.2, 0.25) is 0 Å². The Hall–Kier alpha value is -1.22. The van der Waals surface area contributed by atoms with Gasteiger partial charge in [-0.3, -0.25) is 4.98 Å². The first-order valence-electron chi connectivity index (χ1n) is 5.22. The second-order valence-electron chi connectivity index (χ2n) is 3.53. The van der Waals surface area contributed by atoms with Crippen molar-refractivity contribution in [2.45, 2.75) is 0 Å². The fourth-order valence-electron chi connectivity index (χ4n) is 1.36. The van der Waals surface area contributed by atoms with Crippen molar-refractivity contribution >= 4 is 56.0 Å². The highest BCUT2D eigenvalue weighted by Gasteiger charge is 2.09. The normalized spacial score (nSPS) is 10.1. The first-order valence-corrected chi connectivity index (χ1v) is 7.10. The molecule has 0 aliphatic carbocycles. The van der Waals surface area contributed by atoms with Gasteiger partial charge in [-0.2, -0.15) is 0 Å². The molecule has 0 saturated carbocycles. The minimum Gasteiger partial charge on any atom is -0.464 e. The van der Waals surface area contributed by atoms with Crippen LogP contribution in [0.5, 0.6) is 0 Å². The molecule has 1 heterocycles. The number of carbonyl (C=O) groups is 1. The molecule has 0 atom stereocenters. The van der Waals surface area contributed by atoms with E-state index in [-0.39, 0.29) is 5.69 Å². The molecule has 0 aliphatic heterocycles. The molecule has 0 bridgehead atoms. The van der Waals surface area contributed by atoms with Crippen LogP contribution in [0.4, 0.5) is 11.5 Å². The van der Waals surface area contributed by atoms with Crippen LogP contribution in [-0.4, -0.2) is 23.0 Å². The number of nitrogens with zero attached hydrogens (tertiary/aromatic N) is 2. The molecule has 98 valence electrons. The number of nitrogens with one attached hydrogen (secondary N) is 1.